The van der Waals surface area contributed by atoms with Crippen LogP contribution < -0.4 is 5.32 Å². The highest BCUT2D eigenvalue weighted by Gasteiger charge is 2.49. The number of aliphatic hydroxyl groups is 16. The molecule has 5 aliphatic rings. The van der Waals surface area contributed by atoms with Crippen LogP contribution in [-0.4, -0.2) is 347 Å². The predicted molar refractivity (Wildman–Crippen MR) is 300 cm³/mol. The first-order chi connectivity index (χ1) is 45.8. The van der Waals surface area contributed by atoms with Crippen LogP contribution in [0.15, 0.2) is 24.8 Å². The van der Waals surface area contributed by atoms with Gasteiger partial charge in [0.1, 0.15) is 120 Å². The maximum atomic E-state index is 15.1. The number of hydrogen-bond donors (Lipinski definition) is 17. The molecule has 0 unspecified atom stereocenters. The zero-order valence-electron chi connectivity index (χ0n) is 50.9. The number of nitrogens with one attached hydrogen (secondary N) is 1. The number of rotatable bonds is 29. The Hall–Kier alpha value is -7.26. The summed E-state index contributed by atoms with van der Waals surface area (Å²) in [6, 6.07) is 0. The number of nitrogens with zero attached hydrogens (tertiary/aromatic N) is 16. The molecule has 9 rings (SSSR count). The summed E-state index contributed by atoms with van der Waals surface area (Å²) in [5.74, 6) is -4.74. The van der Waals surface area contributed by atoms with Crippen LogP contribution in [0.3, 0.4) is 0 Å². The third-order valence-corrected chi connectivity index (χ3v) is 16.5. The first kappa shape index (κ1) is 73.0. The van der Waals surface area contributed by atoms with Gasteiger partial charge < -0.3 is 121 Å². The molecule has 44 heteroatoms. The van der Waals surface area contributed by atoms with Crippen molar-refractivity contribution in [3.8, 4) is 0 Å². The topological polar surface area (TPSA) is 620 Å². The molecular formula is C52H77N17O27. The summed E-state index contributed by atoms with van der Waals surface area (Å²) in [6.45, 7) is -7.74. The van der Waals surface area contributed by atoms with Crippen LogP contribution in [0.25, 0.3) is 0 Å². The van der Waals surface area contributed by atoms with Gasteiger partial charge in [-0.05, 0) is 12.8 Å². The summed E-state index contributed by atoms with van der Waals surface area (Å²) < 4.78 is 26.3. The molecule has 5 saturated heterocycles. The minimum Gasteiger partial charge on any atom is -0.394 e. The standard InChI is InChI=1S/C52H77N17O27/c70-19-27-37(80)41(84)45(88)49(92-27)65-12-23(54-58-65)8-63(9-24-13-66(59-55-24)50-46(89)42(85)38(81)28(20-71)93-50)34(77)17-62(16-31(74)53-7-3-1-2-4-36(79)96-69-32(75)5-6-33(69)76)18-35(78)64(10-25-14-67(60-56-25)51-47(90)43(86)39(82)29(21-72)94-51)11-26-15-68(61-57-26)52-48(91)44(87)40(83)30(22-73)95-52/h12-15,27-30,37-52,70-73,80-91H,1-11,16-22H2,(H,53,74)/t27-,28-,29-,30+,37-,38-,39-,40+,41+,42+,43+,44-,45+,46+,47+,48-,49+,50+,51+,52-/m1/s1. The largest absolute Gasteiger partial charge is 0.394 e. The lowest BCUT2D eigenvalue weighted by atomic mass is 9.98. The van der Waals surface area contributed by atoms with E-state index < -0.39 is 230 Å². The molecule has 17 N–H and O–H groups in total. The van der Waals surface area contributed by atoms with Crippen LogP contribution in [0.5, 0.6) is 0 Å². The number of unbranched alkanes of at least 4 members (excludes halogenated alkanes) is 2. The molecule has 532 valence electrons. The van der Waals surface area contributed by atoms with Crippen molar-refractivity contribution in [3.63, 3.8) is 0 Å². The average molecular weight is 1370 g/mol. The number of hydrogen-bond acceptors (Lipinski definition) is 36. The minimum absolute atomic E-state index is 0.0343. The smallest absolute Gasteiger partial charge is 0.333 e. The summed E-state index contributed by atoms with van der Waals surface area (Å²) in [5.41, 5.74) is -0.248. The molecule has 20 atom stereocenters. The lowest BCUT2D eigenvalue weighted by molar-refractivity contribution is -0.254. The van der Waals surface area contributed by atoms with E-state index in [9.17, 15) is 101 Å². The van der Waals surface area contributed by atoms with Gasteiger partial charge in [-0.1, -0.05) is 27.3 Å². The molecule has 0 aromatic carbocycles. The Labute approximate surface area is 541 Å². The Kier molecular flexibility index (Phi) is 24.6. The summed E-state index contributed by atoms with van der Waals surface area (Å²) in [7, 11) is 0. The molecule has 0 saturated carbocycles. The zero-order valence-corrected chi connectivity index (χ0v) is 50.9. The number of carbonyl (C=O) groups excluding carboxylic acids is 6. The minimum atomic E-state index is -1.84. The molecule has 0 bridgehead atoms. The van der Waals surface area contributed by atoms with Gasteiger partial charge >= 0.3 is 5.97 Å². The van der Waals surface area contributed by atoms with Gasteiger partial charge in [0.2, 0.25) is 17.7 Å². The van der Waals surface area contributed by atoms with Crippen molar-refractivity contribution in [2.24, 2.45) is 0 Å². The maximum Gasteiger partial charge on any atom is 0.333 e. The quantitative estimate of drug-likeness (QED) is 0.0177. The van der Waals surface area contributed by atoms with E-state index in [2.05, 4.69) is 46.6 Å². The Morgan fingerprint density at radius 2 is 0.760 bits per heavy atom. The molecular weight excluding hydrogens is 1290 g/mol. The molecule has 44 nitrogen and oxygen atoms in total. The maximum absolute atomic E-state index is 15.1. The highest BCUT2D eigenvalue weighted by atomic mass is 16.7. The molecule has 5 amide bonds. The third kappa shape index (κ3) is 16.8. The first-order valence-corrected chi connectivity index (χ1v) is 30.3. The Morgan fingerprint density at radius 1 is 0.448 bits per heavy atom. The van der Waals surface area contributed by atoms with Crippen LogP contribution in [0.4, 0.5) is 0 Å². The average Bonchev–Trinajstić information content (AvgIpc) is 1.53. The van der Waals surface area contributed by atoms with Gasteiger partial charge in [0.05, 0.1) is 97.0 Å². The zero-order chi connectivity index (χ0) is 69.4. The molecule has 4 aromatic heterocycles. The normalized spacial score (nSPS) is 31.8. The van der Waals surface area contributed by atoms with Gasteiger partial charge in [0, 0.05) is 25.8 Å². The van der Waals surface area contributed by atoms with Gasteiger partial charge in [0.25, 0.3) is 11.8 Å². The molecule has 5 aliphatic heterocycles. The third-order valence-electron chi connectivity index (χ3n) is 16.5. The molecule has 96 heavy (non-hydrogen) atoms. The second kappa shape index (κ2) is 32.4. The molecule has 5 fully saturated rings. The van der Waals surface area contributed by atoms with Gasteiger partial charge in [-0.25, -0.2) is 23.5 Å². The van der Waals surface area contributed by atoms with E-state index in [0.29, 0.717) is 11.5 Å². The fraction of sp³-hybridized carbons (Fsp3) is 0.731. The summed E-state index contributed by atoms with van der Waals surface area (Å²) in [5, 5.41) is 202. The van der Waals surface area contributed by atoms with Crippen LogP contribution in [0.2, 0.25) is 0 Å². The van der Waals surface area contributed by atoms with Crippen LogP contribution in [-0.2, 0) is 78.7 Å². The van der Waals surface area contributed by atoms with Crippen molar-refractivity contribution >= 4 is 35.5 Å². The SMILES string of the molecule is O=C(CN(CC(=O)N(Cc1cn([C@@H]2O[C@@H](CO)[C@H](O)[C@@H](O)[C@H]2O)nn1)Cc1cn([C@H]2O[C@H](CO)[C@@H](O)[C@H](O)[C@@H]2O)nn1)CC(=O)N(Cc1cn([C@H]2O[C@H](CO)[C@@H](O)[C@H](O)[C@@H]2O)nn1)Cc1cn([C@H]2O[C@H](CO)[C@@H](O)[C@H](O)[C@@H]2O)nn1)NCCCCCC(=O)ON1C(=O)CCC1=O. The van der Waals surface area contributed by atoms with E-state index in [1.54, 1.807) is 0 Å². The first-order valence-electron chi connectivity index (χ1n) is 30.3. The van der Waals surface area contributed by atoms with Crippen LogP contribution in [0, 0.1) is 0 Å². The number of amides is 5. The van der Waals surface area contributed by atoms with Gasteiger partial charge in [-0.3, -0.25) is 28.9 Å². The van der Waals surface area contributed by atoms with Crippen molar-refractivity contribution in [2.75, 3.05) is 52.6 Å². The highest BCUT2D eigenvalue weighted by Crippen LogP contribution is 2.32. The van der Waals surface area contributed by atoms with Crippen molar-refractivity contribution < 1.29 is 134 Å². The number of hydroxylamine groups is 2. The van der Waals surface area contributed by atoms with Crippen LogP contribution in [0.1, 0.15) is 86.2 Å². The molecule has 0 radical (unpaired) electrons. The van der Waals surface area contributed by atoms with E-state index >= 15 is 9.59 Å². The summed E-state index contributed by atoms with van der Waals surface area (Å²) in [4.78, 5) is 88.7. The van der Waals surface area contributed by atoms with Gasteiger partial charge in [-0.2, -0.15) is 0 Å². The van der Waals surface area contributed by atoms with E-state index in [4.69, 9.17) is 23.8 Å². The molecule has 0 aliphatic carbocycles. The summed E-state index contributed by atoms with van der Waals surface area (Å²) in [6.07, 6.45) is -28.3. The van der Waals surface area contributed by atoms with Gasteiger partial charge in [-0.15, -0.1) is 25.5 Å². The van der Waals surface area contributed by atoms with Crippen molar-refractivity contribution in [1.82, 2.24) is 85.1 Å². The Morgan fingerprint density at radius 3 is 1.06 bits per heavy atom. The van der Waals surface area contributed by atoms with Crippen LogP contribution >= 0.6 is 0 Å². The number of ether oxygens (including phenoxy) is 4. The monoisotopic (exact) mass is 1370 g/mol. The number of aromatic nitrogens is 12. The number of aliphatic hydroxyl groups excluding tert-OH is 16. The molecule has 0 spiro atoms. The Bertz CT molecular complexity index is 2920. The Balaban J connectivity index is 1.000. The van der Waals surface area contributed by atoms with Gasteiger partial charge in [0.15, 0.2) is 24.9 Å². The van der Waals surface area contributed by atoms with Crippen molar-refractivity contribution in [2.45, 2.75) is 187 Å². The van der Waals surface area contributed by atoms with Crippen molar-refractivity contribution in [1.29, 1.82) is 0 Å². The second-order valence-corrected chi connectivity index (χ2v) is 23.5. The lowest BCUT2D eigenvalue weighted by Crippen LogP contribution is -2.56. The fourth-order valence-corrected chi connectivity index (χ4v) is 11.1. The van der Waals surface area contributed by atoms with Crippen molar-refractivity contribution in [3.05, 3.63) is 47.6 Å². The van der Waals surface area contributed by atoms with E-state index in [0.717, 1.165) is 33.4 Å². The van der Waals surface area contributed by atoms with E-state index in [-0.39, 0.29) is 61.4 Å². The fourth-order valence-electron chi connectivity index (χ4n) is 11.1. The second-order valence-electron chi connectivity index (χ2n) is 23.5. The molecule has 4 aromatic rings. The number of carbonyl (C=O) groups is 6. The van der Waals surface area contributed by atoms with E-state index in [1.165, 1.54) is 24.8 Å². The predicted octanol–water partition coefficient (Wildman–Crippen LogP) is -12.7. The lowest BCUT2D eigenvalue weighted by Gasteiger charge is -2.39. The highest BCUT2D eigenvalue weighted by molar-refractivity contribution is 6.01. The molecule has 9 heterocycles. The number of imide groups is 1. The summed E-state index contributed by atoms with van der Waals surface area (Å²) >= 11 is 0. The van der Waals surface area contributed by atoms with E-state index in [1.807, 2.05) is 0 Å².